The predicted octanol–water partition coefficient (Wildman–Crippen LogP) is 3.82. The van der Waals surface area contributed by atoms with Crippen LogP contribution in [-0.2, 0) is 0 Å². The molecule has 5 nitrogen and oxygen atoms in total. The fraction of sp³-hybridized carbons (Fsp3) is 0.158. The largest absolute Gasteiger partial charge is 0.492 e. The molecule has 0 unspecified atom stereocenters. The van der Waals surface area contributed by atoms with Gasteiger partial charge in [-0.05, 0) is 42.5 Å². The molecule has 0 bridgehead atoms. The van der Waals surface area contributed by atoms with Gasteiger partial charge in [0, 0.05) is 18.3 Å². The molecule has 134 valence electrons. The van der Waals surface area contributed by atoms with Crippen LogP contribution in [-0.4, -0.2) is 40.8 Å². The van der Waals surface area contributed by atoms with Crippen LogP contribution in [0.5, 0.6) is 5.75 Å². The number of halogens is 2. The van der Waals surface area contributed by atoms with Crippen LogP contribution >= 0.6 is 11.6 Å². The lowest BCUT2D eigenvalue weighted by atomic mass is 10.3. The number of nitrogens with zero attached hydrogens (tertiary/aromatic N) is 3. The van der Waals surface area contributed by atoms with Crippen LogP contribution in [0.1, 0.15) is 10.5 Å². The van der Waals surface area contributed by atoms with Crippen LogP contribution < -0.4 is 4.74 Å². The molecule has 0 N–H and O–H groups in total. The number of likely N-dealkylation sites (N-methyl/N-ethyl adjacent to an activating group) is 1. The molecule has 0 aliphatic rings. The molecule has 0 saturated heterocycles. The van der Waals surface area contributed by atoms with E-state index in [0.717, 1.165) is 0 Å². The number of hydrogen-bond acceptors (Lipinski definition) is 3. The summed E-state index contributed by atoms with van der Waals surface area (Å²) in [5, 5.41) is 4.81. The summed E-state index contributed by atoms with van der Waals surface area (Å²) < 4.78 is 20.4. The van der Waals surface area contributed by atoms with Crippen molar-refractivity contribution < 1.29 is 13.9 Å². The topological polar surface area (TPSA) is 47.4 Å². The van der Waals surface area contributed by atoms with Crippen molar-refractivity contribution in [2.75, 3.05) is 20.2 Å². The second kappa shape index (κ2) is 8.01. The minimum absolute atomic E-state index is 0.241. The van der Waals surface area contributed by atoms with Gasteiger partial charge in [-0.15, -0.1) is 0 Å². The molecule has 3 rings (SSSR count). The Morgan fingerprint density at radius 3 is 2.81 bits per heavy atom. The Morgan fingerprint density at radius 1 is 1.23 bits per heavy atom. The molecule has 0 aliphatic carbocycles. The highest BCUT2D eigenvalue weighted by Gasteiger charge is 2.15. The molecule has 0 aliphatic heterocycles. The molecule has 0 spiro atoms. The molecule has 1 amide bonds. The molecule has 0 atom stereocenters. The van der Waals surface area contributed by atoms with E-state index < -0.39 is 0 Å². The van der Waals surface area contributed by atoms with Crippen molar-refractivity contribution in [3.63, 3.8) is 0 Å². The summed E-state index contributed by atoms with van der Waals surface area (Å²) in [5.74, 6) is 0.0461. The van der Waals surface area contributed by atoms with Crippen molar-refractivity contribution in [3.8, 4) is 11.4 Å². The van der Waals surface area contributed by atoms with E-state index in [1.807, 2.05) is 0 Å². The van der Waals surface area contributed by atoms with Gasteiger partial charge in [-0.3, -0.25) is 4.79 Å². The van der Waals surface area contributed by atoms with Crippen molar-refractivity contribution in [2.24, 2.45) is 0 Å². The number of ether oxygens (including phenoxy) is 1. The minimum atomic E-state index is -0.360. The average Bonchev–Trinajstić information content (AvgIpc) is 3.11. The Balaban J connectivity index is 1.58. The first-order valence-corrected chi connectivity index (χ1v) is 8.36. The van der Waals surface area contributed by atoms with E-state index in [1.165, 1.54) is 21.7 Å². The standard InChI is InChI=1S/C19H17ClFN3O2/c1-23(10-11-26-17-7-2-4-14(20)12-17)19(25)18-8-9-24(22-18)16-6-3-5-15(21)13-16/h2-9,12-13H,10-11H2,1H3. The maximum absolute atomic E-state index is 13.3. The fourth-order valence-electron chi connectivity index (χ4n) is 2.35. The summed E-state index contributed by atoms with van der Waals surface area (Å²) in [7, 11) is 1.67. The van der Waals surface area contributed by atoms with Gasteiger partial charge in [-0.25, -0.2) is 9.07 Å². The van der Waals surface area contributed by atoms with Crippen LogP contribution in [0.25, 0.3) is 5.69 Å². The van der Waals surface area contributed by atoms with Gasteiger partial charge in [0.25, 0.3) is 5.91 Å². The van der Waals surface area contributed by atoms with E-state index in [-0.39, 0.29) is 17.4 Å². The van der Waals surface area contributed by atoms with Crippen molar-refractivity contribution in [3.05, 3.63) is 77.3 Å². The summed E-state index contributed by atoms with van der Waals surface area (Å²) in [6, 6.07) is 14.7. The molecule has 7 heteroatoms. The number of rotatable bonds is 6. The molecule has 26 heavy (non-hydrogen) atoms. The van der Waals surface area contributed by atoms with Gasteiger partial charge >= 0.3 is 0 Å². The molecule has 2 aromatic carbocycles. The molecular formula is C19H17ClFN3O2. The minimum Gasteiger partial charge on any atom is -0.492 e. The Hall–Kier alpha value is -2.86. The van der Waals surface area contributed by atoms with E-state index in [4.69, 9.17) is 16.3 Å². The molecule has 0 saturated carbocycles. The normalized spacial score (nSPS) is 10.6. The van der Waals surface area contributed by atoms with Crippen LogP contribution in [0.4, 0.5) is 4.39 Å². The third-order valence-corrected chi connectivity index (χ3v) is 3.95. The highest BCUT2D eigenvalue weighted by atomic mass is 35.5. The van der Waals surface area contributed by atoms with Crippen molar-refractivity contribution >= 4 is 17.5 Å². The predicted molar refractivity (Wildman–Crippen MR) is 97.4 cm³/mol. The van der Waals surface area contributed by atoms with E-state index in [0.29, 0.717) is 29.6 Å². The van der Waals surface area contributed by atoms with Gasteiger partial charge in [0.15, 0.2) is 5.69 Å². The van der Waals surface area contributed by atoms with Crippen LogP contribution in [0.3, 0.4) is 0 Å². The smallest absolute Gasteiger partial charge is 0.274 e. The summed E-state index contributed by atoms with van der Waals surface area (Å²) in [6.45, 7) is 0.714. The van der Waals surface area contributed by atoms with Gasteiger partial charge in [0.1, 0.15) is 18.2 Å². The van der Waals surface area contributed by atoms with E-state index in [1.54, 1.807) is 55.7 Å². The van der Waals surface area contributed by atoms with Gasteiger partial charge in [0.2, 0.25) is 0 Å². The molecule has 0 radical (unpaired) electrons. The van der Waals surface area contributed by atoms with Crippen LogP contribution in [0, 0.1) is 5.82 Å². The highest BCUT2D eigenvalue weighted by Crippen LogP contribution is 2.17. The number of hydrogen-bond donors (Lipinski definition) is 0. The van der Waals surface area contributed by atoms with E-state index >= 15 is 0 Å². The number of carbonyl (C=O) groups is 1. The third kappa shape index (κ3) is 4.40. The molecular weight excluding hydrogens is 357 g/mol. The zero-order valence-corrected chi connectivity index (χ0v) is 14.9. The zero-order chi connectivity index (χ0) is 18.5. The quantitative estimate of drug-likeness (QED) is 0.660. The number of aromatic nitrogens is 2. The monoisotopic (exact) mass is 373 g/mol. The highest BCUT2D eigenvalue weighted by molar-refractivity contribution is 6.30. The second-order valence-electron chi connectivity index (χ2n) is 5.66. The number of amides is 1. The van der Waals surface area contributed by atoms with E-state index in [9.17, 15) is 9.18 Å². The first kappa shape index (κ1) is 17.9. The molecule has 0 fully saturated rings. The second-order valence-corrected chi connectivity index (χ2v) is 6.09. The van der Waals surface area contributed by atoms with Gasteiger partial charge in [0.05, 0.1) is 12.2 Å². The molecule has 3 aromatic rings. The SMILES string of the molecule is CN(CCOc1cccc(Cl)c1)C(=O)c1ccn(-c2cccc(F)c2)n1. The number of benzene rings is 2. The van der Waals surface area contributed by atoms with Crippen LogP contribution in [0.2, 0.25) is 5.02 Å². The number of carbonyl (C=O) groups excluding carboxylic acids is 1. The summed E-state index contributed by atoms with van der Waals surface area (Å²) in [4.78, 5) is 14.0. The third-order valence-electron chi connectivity index (χ3n) is 3.72. The Bertz CT molecular complexity index is 913. The fourth-order valence-corrected chi connectivity index (χ4v) is 2.54. The van der Waals surface area contributed by atoms with Gasteiger partial charge in [-0.2, -0.15) is 5.10 Å². The first-order chi connectivity index (χ1) is 12.5. The lowest BCUT2D eigenvalue weighted by Crippen LogP contribution is -2.31. The van der Waals surface area contributed by atoms with Gasteiger partial charge in [-0.1, -0.05) is 23.7 Å². The molecule has 1 aromatic heterocycles. The van der Waals surface area contributed by atoms with Gasteiger partial charge < -0.3 is 9.64 Å². The molecule has 1 heterocycles. The average molecular weight is 374 g/mol. The maximum Gasteiger partial charge on any atom is 0.274 e. The summed E-state index contributed by atoms with van der Waals surface area (Å²) in [5.41, 5.74) is 0.829. The van der Waals surface area contributed by atoms with Crippen molar-refractivity contribution in [1.29, 1.82) is 0 Å². The lowest BCUT2D eigenvalue weighted by Gasteiger charge is -2.16. The van der Waals surface area contributed by atoms with E-state index in [2.05, 4.69) is 5.10 Å². The summed E-state index contributed by atoms with van der Waals surface area (Å²) in [6.07, 6.45) is 1.62. The Kier molecular flexibility index (Phi) is 5.53. The maximum atomic E-state index is 13.3. The van der Waals surface area contributed by atoms with Crippen molar-refractivity contribution in [1.82, 2.24) is 14.7 Å². The lowest BCUT2D eigenvalue weighted by molar-refractivity contribution is 0.0767. The zero-order valence-electron chi connectivity index (χ0n) is 14.1. The van der Waals surface area contributed by atoms with Crippen molar-refractivity contribution in [2.45, 2.75) is 0 Å². The summed E-state index contributed by atoms with van der Waals surface area (Å²) >= 11 is 5.90. The Labute approximate surface area is 155 Å². The Morgan fingerprint density at radius 2 is 2.04 bits per heavy atom. The van der Waals surface area contributed by atoms with Crippen LogP contribution in [0.15, 0.2) is 60.8 Å². The first-order valence-electron chi connectivity index (χ1n) is 7.98.